The number of methoxy groups -OCH3 is 1. The molecule has 1 aromatic heterocycles. The van der Waals surface area contributed by atoms with Crippen molar-refractivity contribution in [3.05, 3.63) is 112 Å². The highest BCUT2D eigenvalue weighted by atomic mass is 32.1. The molecule has 3 amide bonds. The van der Waals surface area contributed by atoms with Crippen LogP contribution in [0.2, 0.25) is 0 Å². The van der Waals surface area contributed by atoms with Crippen LogP contribution in [0.15, 0.2) is 78.9 Å². The van der Waals surface area contributed by atoms with Gasteiger partial charge in [-0.25, -0.2) is 4.39 Å². The molecule has 4 rings (SSSR count). The number of aromatic nitrogens is 1. The Labute approximate surface area is 228 Å². The quantitative estimate of drug-likeness (QED) is 0.277. The Morgan fingerprint density at radius 1 is 1.03 bits per heavy atom. The van der Waals surface area contributed by atoms with Crippen molar-refractivity contribution < 1.29 is 23.5 Å². The Kier molecular flexibility index (Phi) is 8.52. The number of nitrogens with one attached hydrogen (secondary N) is 1. The van der Waals surface area contributed by atoms with E-state index in [1.54, 1.807) is 24.3 Å². The van der Waals surface area contributed by atoms with E-state index in [1.807, 2.05) is 30.3 Å². The predicted molar refractivity (Wildman–Crippen MR) is 145 cm³/mol. The highest BCUT2D eigenvalue weighted by Crippen LogP contribution is 2.31. The van der Waals surface area contributed by atoms with Crippen molar-refractivity contribution in [2.75, 3.05) is 12.8 Å². The molecule has 0 fully saturated rings. The van der Waals surface area contributed by atoms with Crippen molar-refractivity contribution in [1.29, 1.82) is 0 Å². The van der Waals surface area contributed by atoms with Crippen molar-refractivity contribution in [2.45, 2.75) is 19.1 Å². The SMILES string of the molecule is COc1cccc(CN(C(=O)c2snc(C(N)=O)c2N)[C@H](C(=O)NCc2ccccc2)c2ccc(F)cc2)c1. The molecule has 11 heteroatoms. The third-order valence-corrected chi connectivity index (χ3v) is 6.81. The first-order chi connectivity index (χ1) is 18.8. The van der Waals surface area contributed by atoms with Crippen LogP contribution in [0.3, 0.4) is 0 Å². The molecular weight excluding hydrogens is 521 g/mol. The lowest BCUT2D eigenvalue weighted by Gasteiger charge is -2.31. The van der Waals surface area contributed by atoms with E-state index in [2.05, 4.69) is 9.69 Å². The number of benzene rings is 3. The van der Waals surface area contributed by atoms with Gasteiger partial charge in [-0.05, 0) is 52.5 Å². The lowest BCUT2D eigenvalue weighted by molar-refractivity contribution is -0.126. The number of anilines is 1. The van der Waals surface area contributed by atoms with Gasteiger partial charge in [-0.2, -0.15) is 4.37 Å². The maximum atomic E-state index is 14.0. The molecule has 1 atom stereocenters. The first kappa shape index (κ1) is 27.3. The van der Waals surface area contributed by atoms with Gasteiger partial charge in [0.1, 0.15) is 22.5 Å². The number of rotatable bonds is 10. The zero-order valence-corrected chi connectivity index (χ0v) is 21.8. The van der Waals surface area contributed by atoms with Crippen LogP contribution in [0.5, 0.6) is 5.75 Å². The van der Waals surface area contributed by atoms with Gasteiger partial charge in [0.15, 0.2) is 5.69 Å². The van der Waals surface area contributed by atoms with Gasteiger partial charge in [-0.15, -0.1) is 0 Å². The molecule has 0 unspecified atom stereocenters. The molecule has 9 nitrogen and oxygen atoms in total. The highest BCUT2D eigenvalue weighted by Gasteiger charge is 2.35. The van der Waals surface area contributed by atoms with Gasteiger partial charge >= 0.3 is 0 Å². The number of nitrogen functional groups attached to an aromatic ring is 1. The number of carbonyl (C=O) groups excluding carboxylic acids is 3. The van der Waals surface area contributed by atoms with Gasteiger partial charge in [0, 0.05) is 13.1 Å². The Balaban J connectivity index is 1.79. The summed E-state index contributed by atoms with van der Waals surface area (Å²) < 4.78 is 23.1. The van der Waals surface area contributed by atoms with Crippen molar-refractivity contribution in [3.63, 3.8) is 0 Å². The number of hydrogen-bond acceptors (Lipinski definition) is 7. The standard InChI is InChI=1S/C28H26FN5O4S/c1-38-21-9-5-8-18(14-21)16-34(28(37)25-22(30)23(26(31)35)33-39-25)24(19-10-12-20(29)13-11-19)27(36)32-15-17-6-3-2-4-7-17/h2-14,24H,15-16,30H2,1H3,(H2,31,35)(H,32,36)/t24-/m0/s1. The largest absolute Gasteiger partial charge is 0.497 e. The molecule has 0 spiro atoms. The van der Waals surface area contributed by atoms with Crippen molar-refractivity contribution >= 4 is 34.9 Å². The van der Waals surface area contributed by atoms with Crippen LogP contribution in [-0.4, -0.2) is 34.1 Å². The molecule has 5 N–H and O–H groups in total. The number of hydrogen-bond donors (Lipinski definition) is 3. The van der Waals surface area contributed by atoms with E-state index in [-0.39, 0.29) is 29.3 Å². The van der Waals surface area contributed by atoms with Crippen LogP contribution in [0.4, 0.5) is 10.1 Å². The second kappa shape index (κ2) is 12.2. The van der Waals surface area contributed by atoms with Crippen LogP contribution in [0.25, 0.3) is 0 Å². The Hall–Kier alpha value is -4.77. The first-order valence-electron chi connectivity index (χ1n) is 11.8. The van der Waals surface area contributed by atoms with Gasteiger partial charge in [0.25, 0.3) is 11.8 Å². The molecule has 39 heavy (non-hydrogen) atoms. The molecule has 0 aliphatic heterocycles. The monoisotopic (exact) mass is 547 g/mol. The van der Waals surface area contributed by atoms with Gasteiger partial charge in [0.05, 0.1) is 12.8 Å². The number of halogens is 1. The summed E-state index contributed by atoms with van der Waals surface area (Å²) in [6, 6.07) is 20.4. The van der Waals surface area contributed by atoms with E-state index in [1.165, 1.54) is 36.3 Å². The number of primary amides is 1. The third-order valence-electron chi connectivity index (χ3n) is 5.96. The average molecular weight is 548 g/mol. The van der Waals surface area contributed by atoms with Gasteiger partial charge in [-0.1, -0.05) is 54.6 Å². The van der Waals surface area contributed by atoms with Crippen LogP contribution in [0, 0.1) is 5.82 Å². The number of ether oxygens (including phenoxy) is 1. The summed E-state index contributed by atoms with van der Waals surface area (Å²) in [4.78, 5) is 40.8. The highest BCUT2D eigenvalue weighted by molar-refractivity contribution is 7.09. The summed E-state index contributed by atoms with van der Waals surface area (Å²) in [5, 5.41) is 2.88. The van der Waals surface area contributed by atoms with E-state index >= 15 is 0 Å². The van der Waals surface area contributed by atoms with E-state index in [4.69, 9.17) is 16.2 Å². The molecular formula is C28H26FN5O4S. The predicted octanol–water partition coefficient (Wildman–Crippen LogP) is 3.67. The smallest absolute Gasteiger partial charge is 0.270 e. The lowest BCUT2D eigenvalue weighted by Crippen LogP contribution is -2.43. The molecule has 4 aromatic rings. The third kappa shape index (κ3) is 6.39. The Morgan fingerprint density at radius 2 is 1.72 bits per heavy atom. The van der Waals surface area contributed by atoms with Crippen LogP contribution < -0.4 is 21.5 Å². The molecule has 0 aliphatic carbocycles. The second-order valence-electron chi connectivity index (χ2n) is 8.58. The number of nitrogens with two attached hydrogens (primary N) is 2. The minimum atomic E-state index is -1.19. The average Bonchev–Trinajstić information content (AvgIpc) is 3.34. The molecule has 3 aromatic carbocycles. The molecule has 0 aliphatic rings. The van der Waals surface area contributed by atoms with Crippen LogP contribution in [0.1, 0.15) is 42.9 Å². The van der Waals surface area contributed by atoms with E-state index in [9.17, 15) is 18.8 Å². The van der Waals surface area contributed by atoms with Crippen molar-refractivity contribution in [3.8, 4) is 5.75 Å². The maximum Gasteiger partial charge on any atom is 0.270 e. The number of amides is 3. The van der Waals surface area contributed by atoms with E-state index < -0.39 is 29.6 Å². The molecule has 0 bridgehead atoms. The minimum absolute atomic E-state index is 0.0416. The fraction of sp³-hybridized carbons (Fsp3) is 0.143. The Morgan fingerprint density at radius 3 is 2.36 bits per heavy atom. The molecule has 0 saturated heterocycles. The van der Waals surface area contributed by atoms with Crippen molar-refractivity contribution in [2.24, 2.45) is 5.73 Å². The maximum absolute atomic E-state index is 14.0. The fourth-order valence-electron chi connectivity index (χ4n) is 4.01. The van der Waals surface area contributed by atoms with E-state index in [0.29, 0.717) is 28.4 Å². The normalized spacial score (nSPS) is 11.4. The van der Waals surface area contributed by atoms with Crippen LogP contribution >= 0.6 is 11.5 Å². The molecule has 0 radical (unpaired) electrons. The second-order valence-corrected chi connectivity index (χ2v) is 9.35. The topological polar surface area (TPSA) is 141 Å². The number of carbonyl (C=O) groups is 3. The van der Waals surface area contributed by atoms with E-state index in [0.717, 1.165) is 5.56 Å². The molecule has 1 heterocycles. The van der Waals surface area contributed by atoms with Crippen molar-refractivity contribution in [1.82, 2.24) is 14.6 Å². The van der Waals surface area contributed by atoms with Crippen LogP contribution in [-0.2, 0) is 17.9 Å². The first-order valence-corrected chi connectivity index (χ1v) is 12.6. The summed E-state index contributed by atoms with van der Waals surface area (Å²) in [5.74, 6) is -1.96. The summed E-state index contributed by atoms with van der Waals surface area (Å²) in [7, 11) is 1.52. The lowest BCUT2D eigenvalue weighted by atomic mass is 10.0. The Bertz CT molecular complexity index is 1480. The summed E-state index contributed by atoms with van der Waals surface area (Å²) in [6.07, 6.45) is 0. The summed E-state index contributed by atoms with van der Waals surface area (Å²) in [6.45, 7) is 0.160. The minimum Gasteiger partial charge on any atom is -0.497 e. The van der Waals surface area contributed by atoms with Gasteiger partial charge < -0.3 is 26.4 Å². The number of nitrogens with zero attached hydrogens (tertiary/aromatic N) is 2. The zero-order valence-electron chi connectivity index (χ0n) is 21.0. The molecule has 0 saturated carbocycles. The molecule has 200 valence electrons. The van der Waals surface area contributed by atoms with Gasteiger partial charge in [-0.3, -0.25) is 14.4 Å². The zero-order chi connectivity index (χ0) is 27.9. The fourth-order valence-corrected chi connectivity index (χ4v) is 4.77. The summed E-state index contributed by atoms with van der Waals surface area (Å²) in [5.41, 5.74) is 12.9. The van der Waals surface area contributed by atoms with Gasteiger partial charge in [0.2, 0.25) is 5.91 Å². The summed E-state index contributed by atoms with van der Waals surface area (Å²) >= 11 is 0.713.